The van der Waals surface area contributed by atoms with Crippen LogP contribution in [0.5, 0.6) is 0 Å². The number of halogens is 1. The molecular formula is C18H19ClN4O2. The topological polar surface area (TPSA) is 65.5 Å². The van der Waals surface area contributed by atoms with E-state index in [0.717, 1.165) is 18.8 Å². The molecule has 1 aromatic carbocycles. The first-order valence-corrected chi connectivity index (χ1v) is 8.44. The van der Waals surface area contributed by atoms with Crippen LogP contribution in [-0.2, 0) is 4.79 Å². The number of piperazine rings is 1. The van der Waals surface area contributed by atoms with E-state index in [0.29, 0.717) is 29.5 Å². The fourth-order valence-electron chi connectivity index (χ4n) is 2.84. The Morgan fingerprint density at radius 1 is 1.12 bits per heavy atom. The van der Waals surface area contributed by atoms with E-state index in [-0.39, 0.29) is 11.8 Å². The van der Waals surface area contributed by atoms with E-state index < -0.39 is 0 Å². The van der Waals surface area contributed by atoms with Crippen molar-refractivity contribution in [1.29, 1.82) is 0 Å². The van der Waals surface area contributed by atoms with Crippen molar-refractivity contribution in [2.24, 2.45) is 0 Å². The minimum Gasteiger partial charge on any atom is -0.368 e. The Morgan fingerprint density at radius 3 is 2.56 bits per heavy atom. The van der Waals surface area contributed by atoms with E-state index >= 15 is 0 Å². The summed E-state index contributed by atoms with van der Waals surface area (Å²) < 4.78 is 0. The number of nitrogens with zero attached hydrogens (tertiary/aromatic N) is 3. The zero-order valence-electron chi connectivity index (χ0n) is 13.9. The van der Waals surface area contributed by atoms with E-state index in [9.17, 15) is 9.59 Å². The number of rotatable bonds is 3. The highest BCUT2D eigenvalue weighted by Crippen LogP contribution is 2.21. The van der Waals surface area contributed by atoms with E-state index in [1.807, 2.05) is 29.2 Å². The summed E-state index contributed by atoms with van der Waals surface area (Å²) in [5, 5.41) is 3.30. The molecular weight excluding hydrogens is 340 g/mol. The van der Waals surface area contributed by atoms with Crippen molar-refractivity contribution in [3.05, 3.63) is 53.2 Å². The van der Waals surface area contributed by atoms with Gasteiger partial charge in [-0.15, -0.1) is 0 Å². The van der Waals surface area contributed by atoms with Crippen molar-refractivity contribution < 1.29 is 9.59 Å². The Kier molecular flexibility index (Phi) is 5.19. The van der Waals surface area contributed by atoms with Gasteiger partial charge in [0.1, 0.15) is 5.82 Å². The molecule has 7 heteroatoms. The highest BCUT2D eigenvalue weighted by molar-refractivity contribution is 6.30. The molecule has 2 amide bonds. The number of carbonyl (C=O) groups excluding carboxylic acids is 2. The van der Waals surface area contributed by atoms with Crippen molar-refractivity contribution in [2.75, 3.05) is 36.4 Å². The molecule has 25 heavy (non-hydrogen) atoms. The third-order valence-electron chi connectivity index (χ3n) is 4.05. The molecule has 6 nitrogen and oxygen atoms in total. The molecule has 0 radical (unpaired) electrons. The zero-order valence-corrected chi connectivity index (χ0v) is 14.7. The molecule has 0 spiro atoms. The lowest BCUT2D eigenvalue weighted by Crippen LogP contribution is -2.48. The van der Waals surface area contributed by atoms with E-state index in [4.69, 9.17) is 11.6 Å². The van der Waals surface area contributed by atoms with Gasteiger partial charge in [-0.25, -0.2) is 4.98 Å². The molecule has 2 aromatic rings. The summed E-state index contributed by atoms with van der Waals surface area (Å²) in [5.74, 6) is 0.114. The third-order valence-corrected chi connectivity index (χ3v) is 4.29. The van der Waals surface area contributed by atoms with Gasteiger partial charge >= 0.3 is 0 Å². The monoisotopic (exact) mass is 358 g/mol. The van der Waals surface area contributed by atoms with Gasteiger partial charge in [0, 0.05) is 55.6 Å². The van der Waals surface area contributed by atoms with Crippen LogP contribution in [0.25, 0.3) is 0 Å². The van der Waals surface area contributed by atoms with Crippen LogP contribution in [-0.4, -0.2) is 47.9 Å². The highest BCUT2D eigenvalue weighted by atomic mass is 35.5. The van der Waals surface area contributed by atoms with Gasteiger partial charge in [0.05, 0.1) is 0 Å². The predicted octanol–water partition coefficient (Wildman–Crippen LogP) is 2.66. The number of amides is 2. The largest absolute Gasteiger partial charge is 0.368 e. The predicted molar refractivity (Wildman–Crippen MR) is 98.1 cm³/mol. The molecule has 1 saturated heterocycles. The zero-order chi connectivity index (χ0) is 17.8. The van der Waals surface area contributed by atoms with Crippen molar-refractivity contribution in [1.82, 2.24) is 9.88 Å². The first kappa shape index (κ1) is 17.2. The number of hydrogen-bond donors (Lipinski definition) is 1. The second-order valence-corrected chi connectivity index (χ2v) is 6.31. The second-order valence-electron chi connectivity index (χ2n) is 5.87. The lowest BCUT2D eigenvalue weighted by molar-refractivity contribution is -0.114. The molecule has 3 rings (SSSR count). The molecule has 1 fully saturated rings. The van der Waals surface area contributed by atoms with Gasteiger partial charge in [0.2, 0.25) is 5.91 Å². The number of hydrogen-bond acceptors (Lipinski definition) is 4. The number of pyridine rings is 1. The van der Waals surface area contributed by atoms with Crippen molar-refractivity contribution in [3.63, 3.8) is 0 Å². The van der Waals surface area contributed by atoms with Gasteiger partial charge in [0.25, 0.3) is 5.91 Å². The summed E-state index contributed by atoms with van der Waals surface area (Å²) in [6.07, 6.45) is 1.53. The second kappa shape index (κ2) is 7.53. The van der Waals surface area contributed by atoms with Crippen LogP contribution in [0.15, 0.2) is 42.6 Å². The highest BCUT2D eigenvalue weighted by Gasteiger charge is 2.22. The van der Waals surface area contributed by atoms with E-state index in [1.165, 1.54) is 13.1 Å². The number of anilines is 2. The summed E-state index contributed by atoms with van der Waals surface area (Å²) in [5.41, 5.74) is 1.59. The van der Waals surface area contributed by atoms with E-state index in [2.05, 4.69) is 15.2 Å². The molecule has 1 aliphatic rings. The first-order valence-electron chi connectivity index (χ1n) is 8.06. The summed E-state index contributed by atoms with van der Waals surface area (Å²) in [4.78, 5) is 31.9. The maximum absolute atomic E-state index is 12.7. The fourth-order valence-corrected chi connectivity index (χ4v) is 3.02. The van der Waals surface area contributed by atoms with Crippen LogP contribution in [0.4, 0.5) is 11.5 Å². The Morgan fingerprint density at radius 2 is 1.88 bits per heavy atom. The smallest absolute Gasteiger partial charge is 0.254 e. The average Bonchev–Trinajstić information content (AvgIpc) is 2.61. The van der Waals surface area contributed by atoms with Gasteiger partial charge < -0.3 is 15.1 Å². The van der Waals surface area contributed by atoms with Gasteiger partial charge in [-0.1, -0.05) is 17.7 Å². The molecule has 0 atom stereocenters. The molecule has 1 N–H and O–H groups in total. The van der Waals surface area contributed by atoms with Crippen molar-refractivity contribution in [3.8, 4) is 0 Å². The van der Waals surface area contributed by atoms with Crippen LogP contribution in [0.2, 0.25) is 5.02 Å². The molecule has 0 aliphatic carbocycles. The van der Waals surface area contributed by atoms with Gasteiger partial charge in [-0.3, -0.25) is 9.59 Å². The maximum Gasteiger partial charge on any atom is 0.254 e. The lowest BCUT2D eigenvalue weighted by Gasteiger charge is -2.36. The molecule has 2 heterocycles. The molecule has 0 saturated carbocycles. The number of carbonyl (C=O) groups is 2. The lowest BCUT2D eigenvalue weighted by atomic mass is 10.2. The SMILES string of the molecule is CC(=O)Nc1cc(C(=O)N2CCN(c3cccc(Cl)c3)CC2)ccn1. The molecule has 130 valence electrons. The van der Waals surface area contributed by atoms with Crippen molar-refractivity contribution in [2.45, 2.75) is 6.92 Å². The summed E-state index contributed by atoms with van der Waals surface area (Å²) >= 11 is 6.05. The molecule has 0 bridgehead atoms. The van der Waals surface area contributed by atoms with Crippen molar-refractivity contribution >= 4 is 34.9 Å². The Labute approximate surface area is 151 Å². The van der Waals surface area contributed by atoms with Gasteiger partial charge in [-0.2, -0.15) is 0 Å². The minimum absolute atomic E-state index is 0.0558. The standard InChI is InChI=1S/C18H19ClN4O2/c1-13(24)21-17-11-14(5-6-20-17)18(25)23-9-7-22(8-10-23)16-4-2-3-15(19)12-16/h2-6,11-12H,7-10H2,1H3,(H,20,21,24). The normalized spacial score (nSPS) is 14.3. The number of aromatic nitrogens is 1. The summed E-state index contributed by atoms with van der Waals surface area (Å²) in [6.45, 7) is 4.16. The molecule has 0 unspecified atom stereocenters. The Bertz CT molecular complexity index is 788. The molecule has 1 aliphatic heterocycles. The van der Waals surface area contributed by atoms with Crippen LogP contribution in [0.1, 0.15) is 17.3 Å². The summed E-state index contributed by atoms with van der Waals surface area (Å²) in [7, 11) is 0. The quantitative estimate of drug-likeness (QED) is 0.916. The van der Waals surface area contributed by atoms with E-state index in [1.54, 1.807) is 12.1 Å². The average molecular weight is 359 g/mol. The molecule has 1 aromatic heterocycles. The Balaban J connectivity index is 1.64. The van der Waals surface area contributed by atoms with Crippen LogP contribution >= 0.6 is 11.6 Å². The number of nitrogens with one attached hydrogen (secondary N) is 1. The van der Waals surface area contributed by atoms with Gasteiger partial charge in [0.15, 0.2) is 0 Å². The van der Waals surface area contributed by atoms with Crippen LogP contribution in [0.3, 0.4) is 0 Å². The maximum atomic E-state index is 12.7. The van der Waals surface area contributed by atoms with Gasteiger partial charge in [-0.05, 0) is 30.3 Å². The minimum atomic E-state index is -0.216. The fraction of sp³-hybridized carbons (Fsp3) is 0.278. The first-order chi connectivity index (χ1) is 12.0. The summed E-state index contributed by atoms with van der Waals surface area (Å²) in [6, 6.07) is 11.0. The number of benzene rings is 1. The Hall–Kier alpha value is -2.60. The van der Waals surface area contributed by atoms with Crippen LogP contribution in [0, 0.1) is 0 Å². The van der Waals surface area contributed by atoms with Crippen LogP contribution < -0.4 is 10.2 Å². The third kappa shape index (κ3) is 4.28.